The topological polar surface area (TPSA) is 32.8 Å². The van der Waals surface area contributed by atoms with Crippen LogP contribution in [0, 0.1) is 0 Å². The molecule has 2 unspecified atom stereocenters. The monoisotopic (exact) mass is 176 g/mol. The van der Waals surface area contributed by atoms with E-state index in [2.05, 4.69) is 6.58 Å². The van der Waals surface area contributed by atoms with Gasteiger partial charge in [-0.3, -0.25) is 0 Å². The zero-order valence-corrected chi connectivity index (χ0v) is 7.31. The highest BCUT2D eigenvalue weighted by molar-refractivity contribution is 5.28. The van der Waals surface area contributed by atoms with Gasteiger partial charge in [-0.05, 0) is 5.56 Å². The fourth-order valence-corrected chi connectivity index (χ4v) is 1.58. The second-order valence-electron chi connectivity index (χ2n) is 3.22. The van der Waals surface area contributed by atoms with Gasteiger partial charge in [-0.15, -0.1) is 6.58 Å². The van der Waals surface area contributed by atoms with Crippen LogP contribution in [0.25, 0.3) is 0 Å². The Kier molecular flexibility index (Phi) is 1.94. The normalized spacial score (nSPS) is 31.3. The van der Waals surface area contributed by atoms with Crippen LogP contribution in [-0.2, 0) is 10.3 Å². The van der Waals surface area contributed by atoms with Crippen molar-refractivity contribution in [1.82, 2.24) is 0 Å². The van der Waals surface area contributed by atoms with Crippen LogP contribution in [-0.4, -0.2) is 11.4 Å². The van der Waals surface area contributed by atoms with E-state index in [4.69, 9.17) is 4.74 Å². The second kappa shape index (κ2) is 2.98. The van der Waals surface area contributed by atoms with E-state index < -0.39 is 11.9 Å². The van der Waals surface area contributed by atoms with Crippen molar-refractivity contribution in [2.75, 3.05) is 0 Å². The molecule has 2 heteroatoms. The summed E-state index contributed by atoms with van der Waals surface area (Å²) in [6.45, 7) is 3.65. The number of hydrogen-bond acceptors (Lipinski definition) is 2. The molecule has 1 saturated heterocycles. The highest BCUT2D eigenvalue weighted by Crippen LogP contribution is 2.47. The van der Waals surface area contributed by atoms with E-state index in [9.17, 15) is 5.11 Å². The lowest BCUT2D eigenvalue weighted by molar-refractivity contribution is 0.155. The van der Waals surface area contributed by atoms with E-state index in [1.807, 2.05) is 30.3 Å². The van der Waals surface area contributed by atoms with Crippen LogP contribution in [0.4, 0.5) is 0 Å². The number of rotatable bonds is 3. The Labute approximate surface area is 77.5 Å². The molecule has 1 aliphatic heterocycles. The fourth-order valence-electron chi connectivity index (χ4n) is 1.58. The van der Waals surface area contributed by atoms with Gasteiger partial charge in [0, 0.05) is 6.42 Å². The van der Waals surface area contributed by atoms with Crippen molar-refractivity contribution in [1.29, 1.82) is 0 Å². The fraction of sp³-hybridized carbons (Fsp3) is 0.273. The molecule has 2 nitrogen and oxygen atoms in total. The smallest absolute Gasteiger partial charge is 0.190 e. The van der Waals surface area contributed by atoms with Crippen LogP contribution < -0.4 is 0 Å². The van der Waals surface area contributed by atoms with Gasteiger partial charge in [0.25, 0.3) is 0 Å². The van der Waals surface area contributed by atoms with Gasteiger partial charge >= 0.3 is 0 Å². The molecular formula is C11H12O2. The largest absolute Gasteiger partial charge is 0.365 e. The molecule has 0 radical (unpaired) electrons. The minimum absolute atomic E-state index is 0.511. The minimum atomic E-state index is -0.673. The first-order valence-corrected chi connectivity index (χ1v) is 4.32. The third kappa shape index (κ3) is 1.28. The summed E-state index contributed by atoms with van der Waals surface area (Å²) in [5.74, 6) is 0. The van der Waals surface area contributed by atoms with Gasteiger partial charge in [0.05, 0.1) is 0 Å². The highest BCUT2D eigenvalue weighted by Gasteiger charge is 2.56. The molecule has 0 spiro atoms. The number of benzene rings is 1. The molecule has 0 saturated carbocycles. The molecule has 2 rings (SSSR count). The minimum Gasteiger partial charge on any atom is -0.365 e. The average Bonchev–Trinajstić information content (AvgIpc) is 2.80. The van der Waals surface area contributed by atoms with Gasteiger partial charge in [0.2, 0.25) is 0 Å². The number of epoxide rings is 1. The molecule has 0 amide bonds. The van der Waals surface area contributed by atoms with Gasteiger partial charge in [0.15, 0.2) is 11.9 Å². The predicted octanol–water partition coefficient (Wildman–Crippen LogP) is 1.81. The molecule has 0 aliphatic carbocycles. The summed E-state index contributed by atoms with van der Waals surface area (Å²) >= 11 is 0. The maximum absolute atomic E-state index is 9.39. The Bertz CT molecular complexity index is 307. The zero-order valence-electron chi connectivity index (χ0n) is 7.31. The van der Waals surface area contributed by atoms with Crippen molar-refractivity contribution in [3.05, 3.63) is 48.6 Å². The Morgan fingerprint density at radius 3 is 2.54 bits per heavy atom. The van der Waals surface area contributed by atoms with Crippen LogP contribution >= 0.6 is 0 Å². The summed E-state index contributed by atoms with van der Waals surface area (Å²) in [4.78, 5) is 0. The molecule has 0 bridgehead atoms. The zero-order chi connectivity index (χ0) is 9.31. The Morgan fingerprint density at radius 1 is 1.46 bits per heavy atom. The number of aliphatic hydroxyl groups is 1. The third-order valence-electron chi connectivity index (χ3n) is 2.37. The summed E-state index contributed by atoms with van der Waals surface area (Å²) < 4.78 is 5.22. The molecule has 68 valence electrons. The first kappa shape index (κ1) is 8.48. The number of ether oxygens (including phenoxy) is 1. The van der Waals surface area contributed by atoms with E-state index in [0.29, 0.717) is 6.42 Å². The molecule has 1 aromatic carbocycles. The molecule has 0 aromatic heterocycles. The van der Waals surface area contributed by atoms with Crippen molar-refractivity contribution in [2.45, 2.75) is 18.3 Å². The molecule has 1 aliphatic rings. The average molecular weight is 176 g/mol. The summed E-state index contributed by atoms with van der Waals surface area (Å²) in [7, 11) is 0. The molecule has 1 N–H and O–H groups in total. The van der Waals surface area contributed by atoms with Gasteiger partial charge in [-0.2, -0.15) is 0 Å². The molecule has 13 heavy (non-hydrogen) atoms. The molecule has 1 fully saturated rings. The summed E-state index contributed by atoms with van der Waals surface area (Å²) in [5, 5.41) is 9.39. The molecule has 1 aromatic rings. The van der Waals surface area contributed by atoms with E-state index in [0.717, 1.165) is 5.56 Å². The lowest BCUT2D eigenvalue weighted by Crippen LogP contribution is -2.11. The highest BCUT2D eigenvalue weighted by atomic mass is 16.7. The van der Waals surface area contributed by atoms with Crippen molar-refractivity contribution >= 4 is 0 Å². The van der Waals surface area contributed by atoms with Crippen LogP contribution in [0.3, 0.4) is 0 Å². The van der Waals surface area contributed by atoms with Crippen LogP contribution in [0.5, 0.6) is 0 Å². The number of hydrogen-bond donors (Lipinski definition) is 1. The van der Waals surface area contributed by atoms with Crippen LogP contribution in [0.15, 0.2) is 43.0 Å². The molecule has 2 atom stereocenters. The molecular weight excluding hydrogens is 164 g/mol. The van der Waals surface area contributed by atoms with E-state index in [-0.39, 0.29) is 0 Å². The van der Waals surface area contributed by atoms with Gasteiger partial charge in [-0.1, -0.05) is 36.4 Å². The first-order valence-electron chi connectivity index (χ1n) is 4.32. The van der Waals surface area contributed by atoms with Crippen molar-refractivity contribution < 1.29 is 9.84 Å². The van der Waals surface area contributed by atoms with E-state index >= 15 is 0 Å². The van der Waals surface area contributed by atoms with Crippen molar-refractivity contribution in [3.63, 3.8) is 0 Å². The Balaban J connectivity index is 2.29. The van der Waals surface area contributed by atoms with Gasteiger partial charge in [-0.25, -0.2) is 0 Å². The third-order valence-corrected chi connectivity index (χ3v) is 2.37. The van der Waals surface area contributed by atoms with Gasteiger partial charge in [0.1, 0.15) is 0 Å². The standard InChI is InChI=1S/C11H12O2/c1-2-8-11(10(12)13-11)9-6-4-3-5-7-9/h2-7,10,12H,1,8H2. The van der Waals surface area contributed by atoms with Crippen molar-refractivity contribution in [2.24, 2.45) is 0 Å². The second-order valence-corrected chi connectivity index (χ2v) is 3.22. The summed E-state index contributed by atoms with van der Waals surface area (Å²) in [6, 6.07) is 9.74. The van der Waals surface area contributed by atoms with Crippen molar-refractivity contribution in [3.8, 4) is 0 Å². The molecule has 1 heterocycles. The SMILES string of the molecule is C=CCC1(c2ccccc2)OC1O. The predicted molar refractivity (Wildman–Crippen MR) is 50.0 cm³/mol. The summed E-state index contributed by atoms with van der Waals surface area (Å²) in [5.41, 5.74) is 0.505. The lowest BCUT2D eigenvalue weighted by atomic mass is 9.96. The first-order chi connectivity index (χ1) is 6.29. The van der Waals surface area contributed by atoms with Crippen LogP contribution in [0.2, 0.25) is 0 Å². The van der Waals surface area contributed by atoms with Gasteiger partial charge < -0.3 is 9.84 Å². The Morgan fingerprint density at radius 2 is 2.08 bits per heavy atom. The van der Waals surface area contributed by atoms with E-state index in [1.54, 1.807) is 6.08 Å². The maximum atomic E-state index is 9.39. The quantitative estimate of drug-likeness (QED) is 0.562. The Hall–Kier alpha value is -1.12. The summed E-state index contributed by atoms with van der Waals surface area (Å²) in [6.07, 6.45) is 1.74. The number of aliphatic hydroxyl groups excluding tert-OH is 1. The van der Waals surface area contributed by atoms with E-state index in [1.165, 1.54) is 0 Å². The van der Waals surface area contributed by atoms with Crippen LogP contribution in [0.1, 0.15) is 12.0 Å². The maximum Gasteiger partial charge on any atom is 0.190 e. The lowest BCUT2D eigenvalue weighted by Gasteiger charge is -2.08.